The van der Waals surface area contributed by atoms with Crippen LogP contribution in [0.4, 0.5) is 10.1 Å². The van der Waals surface area contributed by atoms with Gasteiger partial charge >= 0.3 is 0 Å². The maximum atomic E-state index is 13.2. The van der Waals surface area contributed by atoms with E-state index in [-0.39, 0.29) is 17.8 Å². The van der Waals surface area contributed by atoms with E-state index in [1.54, 1.807) is 13.2 Å². The van der Waals surface area contributed by atoms with Crippen LogP contribution in [0.2, 0.25) is 0 Å². The Morgan fingerprint density at radius 3 is 2.68 bits per heavy atom. The first-order valence-corrected chi connectivity index (χ1v) is 8.57. The van der Waals surface area contributed by atoms with Gasteiger partial charge in [-0.2, -0.15) is 0 Å². The summed E-state index contributed by atoms with van der Waals surface area (Å²) >= 11 is 0. The predicted molar refractivity (Wildman–Crippen MR) is 96.3 cm³/mol. The normalized spacial score (nSPS) is 15.0. The van der Waals surface area contributed by atoms with Crippen LogP contribution in [0.3, 0.4) is 0 Å². The molecule has 2 aromatic rings. The van der Waals surface area contributed by atoms with Crippen molar-refractivity contribution in [2.24, 2.45) is 0 Å². The van der Waals surface area contributed by atoms with Crippen LogP contribution in [-0.2, 0) is 11.2 Å². The summed E-state index contributed by atoms with van der Waals surface area (Å²) in [5.74, 6) is 0.664. The van der Waals surface area contributed by atoms with Crippen molar-refractivity contribution in [3.05, 3.63) is 59.9 Å². The molecule has 5 heteroatoms. The Kier molecular flexibility index (Phi) is 5.53. The number of amides is 1. The molecule has 0 aliphatic carbocycles. The number of rotatable bonds is 5. The van der Waals surface area contributed by atoms with Crippen molar-refractivity contribution in [2.45, 2.75) is 25.3 Å². The number of hydrogen-bond acceptors (Lipinski definition) is 3. The Labute approximate surface area is 147 Å². The van der Waals surface area contributed by atoms with E-state index in [1.165, 1.54) is 12.1 Å². The van der Waals surface area contributed by atoms with Crippen LogP contribution in [0, 0.1) is 5.82 Å². The van der Waals surface area contributed by atoms with Crippen molar-refractivity contribution in [2.75, 3.05) is 25.5 Å². The van der Waals surface area contributed by atoms with E-state index in [2.05, 4.69) is 5.32 Å². The number of carbonyl (C=O) groups excluding carboxylic acids is 1. The van der Waals surface area contributed by atoms with Crippen LogP contribution in [0.5, 0.6) is 5.75 Å². The standard InChI is InChI=1S/C20H23FN2O2/c1-25-19-7-2-4-15(12-19)13-20(24)23-10-8-17(9-11-23)22-18-6-3-5-16(21)14-18/h2-7,12,14,17,22H,8-11,13H2,1H3. The molecule has 0 saturated carbocycles. The molecule has 1 saturated heterocycles. The minimum Gasteiger partial charge on any atom is -0.497 e. The number of benzene rings is 2. The van der Waals surface area contributed by atoms with Gasteiger partial charge in [0.05, 0.1) is 13.5 Å². The Morgan fingerprint density at radius 1 is 1.20 bits per heavy atom. The predicted octanol–water partition coefficient (Wildman–Crippen LogP) is 3.48. The molecule has 1 fully saturated rings. The minimum atomic E-state index is -0.240. The average molecular weight is 342 g/mol. The van der Waals surface area contributed by atoms with Crippen molar-refractivity contribution in [3.8, 4) is 5.75 Å². The van der Waals surface area contributed by atoms with Crippen LogP contribution in [0.25, 0.3) is 0 Å². The van der Waals surface area contributed by atoms with Crippen molar-refractivity contribution >= 4 is 11.6 Å². The van der Waals surface area contributed by atoms with Gasteiger partial charge in [-0.15, -0.1) is 0 Å². The second-order valence-corrected chi connectivity index (χ2v) is 6.34. The second kappa shape index (κ2) is 8.01. The van der Waals surface area contributed by atoms with Gasteiger partial charge in [-0.3, -0.25) is 4.79 Å². The Morgan fingerprint density at radius 2 is 1.96 bits per heavy atom. The van der Waals surface area contributed by atoms with E-state index >= 15 is 0 Å². The maximum absolute atomic E-state index is 13.2. The fraction of sp³-hybridized carbons (Fsp3) is 0.350. The molecule has 0 unspecified atom stereocenters. The van der Waals surface area contributed by atoms with Crippen LogP contribution in [0.15, 0.2) is 48.5 Å². The number of carbonyl (C=O) groups is 1. The van der Waals surface area contributed by atoms with Gasteiger partial charge in [0, 0.05) is 24.8 Å². The van der Waals surface area contributed by atoms with Gasteiger partial charge in [-0.1, -0.05) is 18.2 Å². The molecule has 0 radical (unpaired) electrons. The minimum absolute atomic E-state index is 0.137. The van der Waals surface area contributed by atoms with Crippen molar-refractivity contribution in [1.82, 2.24) is 4.90 Å². The van der Waals surface area contributed by atoms with Crippen LogP contribution in [0.1, 0.15) is 18.4 Å². The zero-order chi connectivity index (χ0) is 17.6. The first-order chi connectivity index (χ1) is 12.1. The van der Waals surface area contributed by atoms with E-state index in [0.29, 0.717) is 6.42 Å². The molecule has 25 heavy (non-hydrogen) atoms. The molecule has 2 aromatic carbocycles. The van der Waals surface area contributed by atoms with Gasteiger partial charge in [-0.05, 0) is 48.7 Å². The van der Waals surface area contributed by atoms with Gasteiger partial charge in [0.2, 0.25) is 5.91 Å². The Hall–Kier alpha value is -2.56. The monoisotopic (exact) mass is 342 g/mol. The largest absolute Gasteiger partial charge is 0.497 e. The van der Waals surface area contributed by atoms with Gasteiger partial charge in [0.1, 0.15) is 11.6 Å². The van der Waals surface area contributed by atoms with E-state index in [4.69, 9.17) is 4.74 Å². The molecule has 4 nitrogen and oxygen atoms in total. The summed E-state index contributed by atoms with van der Waals surface area (Å²) in [5, 5.41) is 3.35. The summed E-state index contributed by atoms with van der Waals surface area (Å²) in [6.45, 7) is 1.44. The molecule has 0 bridgehead atoms. The van der Waals surface area contributed by atoms with Crippen molar-refractivity contribution in [3.63, 3.8) is 0 Å². The quantitative estimate of drug-likeness (QED) is 0.904. The zero-order valence-corrected chi connectivity index (χ0v) is 14.4. The number of likely N-dealkylation sites (tertiary alicyclic amines) is 1. The lowest BCUT2D eigenvalue weighted by Crippen LogP contribution is -2.43. The SMILES string of the molecule is COc1cccc(CC(=O)N2CCC(Nc3cccc(F)c3)CC2)c1. The number of anilines is 1. The highest BCUT2D eigenvalue weighted by Crippen LogP contribution is 2.19. The highest BCUT2D eigenvalue weighted by Gasteiger charge is 2.22. The molecule has 1 heterocycles. The number of ether oxygens (including phenoxy) is 1. The molecule has 0 aromatic heterocycles. The summed E-state index contributed by atoms with van der Waals surface area (Å²) in [5.41, 5.74) is 1.76. The third kappa shape index (κ3) is 4.72. The lowest BCUT2D eigenvalue weighted by molar-refractivity contribution is -0.131. The van der Waals surface area contributed by atoms with E-state index in [1.807, 2.05) is 35.2 Å². The topological polar surface area (TPSA) is 41.6 Å². The summed E-state index contributed by atoms with van der Waals surface area (Å²) in [6, 6.07) is 14.4. The molecule has 132 valence electrons. The van der Waals surface area contributed by atoms with Crippen molar-refractivity contribution in [1.29, 1.82) is 0 Å². The number of hydrogen-bond donors (Lipinski definition) is 1. The van der Waals surface area contributed by atoms with Gasteiger partial charge in [0.25, 0.3) is 0 Å². The molecule has 1 aliphatic heterocycles. The lowest BCUT2D eigenvalue weighted by atomic mass is 10.0. The summed E-state index contributed by atoms with van der Waals surface area (Å²) in [4.78, 5) is 14.4. The summed E-state index contributed by atoms with van der Waals surface area (Å²) in [6.07, 6.45) is 2.11. The van der Waals surface area contributed by atoms with Crippen LogP contribution >= 0.6 is 0 Å². The lowest BCUT2D eigenvalue weighted by Gasteiger charge is -2.33. The third-order valence-electron chi connectivity index (χ3n) is 4.53. The fourth-order valence-corrected chi connectivity index (χ4v) is 3.16. The number of halogens is 1. The first kappa shape index (κ1) is 17.3. The zero-order valence-electron chi connectivity index (χ0n) is 14.4. The summed E-state index contributed by atoms with van der Waals surface area (Å²) in [7, 11) is 1.62. The molecular formula is C20H23FN2O2. The molecular weight excluding hydrogens is 319 g/mol. The number of methoxy groups -OCH3 is 1. The van der Waals surface area contributed by atoms with Crippen LogP contribution < -0.4 is 10.1 Å². The van der Waals surface area contributed by atoms with Gasteiger partial charge in [-0.25, -0.2) is 4.39 Å². The Bertz CT molecular complexity index is 727. The van der Waals surface area contributed by atoms with Gasteiger partial charge < -0.3 is 15.0 Å². The smallest absolute Gasteiger partial charge is 0.226 e. The molecule has 0 atom stereocenters. The van der Waals surface area contributed by atoms with E-state index in [9.17, 15) is 9.18 Å². The highest BCUT2D eigenvalue weighted by molar-refractivity contribution is 5.79. The fourth-order valence-electron chi connectivity index (χ4n) is 3.16. The average Bonchev–Trinajstić information content (AvgIpc) is 2.62. The number of nitrogens with zero attached hydrogens (tertiary/aromatic N) is 1. The third-order valence-corrected chi connectivity index (χ3v) is 4.53. The van der Waals surface area contributed by atoms with Crippen LogP contribution in [-0.4, -0.2) is 37.0 Å². The highest BCUT2D eigenvalue weighted by atomic mass is 19.1. The molecule has 0 spiro atoms. The number of nitrogens with one attached hydrogen (secondary N) is 1. The molecule has 1 N–H and O–H groups in total. The Balaban J connectivity index is 1.50. The van der Waals surface area contributed by atoms with Gasteiger partial charge in [0.15, 0.2) is 0 Å². The second-order valence-electron chi connectivity index (χ2n) is 6.34. The van der Waals surface area contributed by atoms with E-state index < -0.39 is 0 Å². The maximum Gasteiger partial charge on any atom is 0.226 e. The molecule has 1 amide bonds. The molecule has 1 aliphatic rings. The molecule has 3 rings (SSSR count). The number of piperidine rings is 1. The van der Waals surface area contributed by atoms with E-state index in [0.717, 1.165) is 42.9 Å². The first-order valence-electron chi connectivity index (χ1n) is 8.57. The summed E-state index contributed by atoms with van der Waals surface area (Å²) < 4.78 is 18.4. The van der Waals surface area contributed by atoms with Crippen molar-refractivity contribution < 1.29 is 13.9 Å².